The first kappa shape index (κ1) is 10.2. The van der Waals surface area contributed by atoms with Crippen LogP contribution in [0.15, 0.2) is 42.0 Å². The molecular formula is C14H16O. The van der Waals surface area contributed by atoms with E-state index in [4.69, 9.17) is 0 Å². The molecule has 15 heavy (non-hydrogen) atoms. The number of hydrogen-bond donors (Lipinski definition) is 0. The number of ketones is 1. The molecule has 1 heteroatoms. The maximum absolute atomic E-state index is 12.1. The molecular weight excluding hydrogens is 184 g/mol. The largest absolute Gasteiger partial charge is 0.289 e. The summed E-state index contributed by atoms with van der Waals surface area (Å²) in [6.07, 6.45) is 7.78. The van der Waals surface area contributed by atoms with E-state index in [1.807, 2.05) is 30.3 Å². The van der Waals surface area contributed by atoms with Gasteiger partial charge in [0, 0.05) is 5.56 Å². The molecule has 1 aromatic rings. The number of allylic oxidation sites excluding steroid dienone is 2. The van der Waals surface area contributed by atoms with Gasteiger partial charge in [-0.1, -0.05) is 42.8 Å². The zero-order chi connectivity index (χ0) is 10.5. The van der Waals surface area contributed by atoms with Crippen molar-refractivity contribution < 1.29 is 4.79 Å². The number of hydrogen-bond acceptors (Lipinski definition) is 1. The Balaban J connectivity index is 2.17. The average Bonchev–Trinajstić information content (AvgIpc) is 2.58. The predicted molar refractivity (Wildman–Crippen MR) is 61.9 cm³/mol. The van der Waals surface area contributed by atoms with E-state index >= 15 is 0 Å². The number of carbonyl (C=O) groups is 1. The van der Waals surface area contributed by atoms with Crippen LogP contribution in [0.3, 0.4) is 0 Å². The third kappa shape index (κ3) is 2.56. The first-order valence-electron chi connectivity index (χ1n) is 5.67. The molecule has 0 saturated heterocycles. The van der Waals surface area contributed by atoms with Gasteiger partial charge in [0.2, 0.25) is 0 Å². The fourth-order valence-electron chi connectivity index (χ4n) is 2.00. The van der Waals surface area contributed by atoms with Gasteiger partial charge in [-0.3, -0.25) is 4.79 Å². The first-order chi connectivity index (χ1) is 7.38. The van der Waals surface area contributed by atoms with E-state index in [0.29, 0.717) is 0 Å². The summed E-state index contributed by atoms with van der Waals surface area (Å²) in [4.78, 5) is 12.1. The molecule has 0 amide bonds. The van der Waals surface area contributed by atoms with Crippen molar-refractivity contribution in [2.75, 3.05) is 0 Å². The van der Waals surface area contributed by atoms with Crippen molar-refractivity contribution >= 4 is 5.78 Å². The van der Waals surface area contributed by atoms with Crippen LogP contribution in [0.25, 0.3) is 0 Å². The van der Waals surface area contributed by atoms with Gasteiger partial charge in [-0.25, -0.2) is 0 Å². The Morgan fingerprint density at radius 2 is 1.80 bits per heavy atom. The smallest absolute Gasteiger partial charge is 0.188 e. The van der Waals surface area contributed by atoms with Crippen LogP contribution in [0.4, 0.5) is 0 Å². The van der Waals surface area contributed by atoms with Crippen LogP contribution in [0.1, 0.15) is 42.5 Å². The van der Waals surface area contributed by atoms with Crippen molar-refractivity contribution in [3.8, 4) is 0 Å². The number of Topliss-reactive ketones (excluding diaryl/α,β-unsaturated/α-hetero) is 1. The number of benzene rings is 1. The summed E-state index contributed by atoms with van der Waals surface area (Å²) in [5.74, 6) is 0.220. The second kappa shape index (κ2) is 4.92. The minimum absolute atomic E-state index is 0.220. The molecule has 0 heterocycles. The van der Waals surface area contributed by atoms with E-state index in [2.05, 4.69) is 6.08 Å². The van der Waals surface area contributed by atoms with Crippen LogP contribution in [0, 0.1) is 0 Å². The highest BCUT2D eigenvalue weighted by atomic mass is 16.1. The molecule has 0 N–H and O–H groups in total. The second-order valence-electron chi connectivity index (χ2n) is 4.02. The van der Waals surface area contributed by atoms with Gasteiger partial charge in [-0.05, 0) is 31.3 Å². The molecule has 78 valence electrons. The summed E-state index contributed by atoms with van der Waals surface area (Å²) in [6.45, 7) is 0. The first-order valence-corrected chi connectivity index (χ1v) is 5.67. The monoisotopic (exact) mass is 200 g/mol. The van der Waals surface area contributed by atoms with Crippen molar-refractivity contribution in [3.63, 3.8) is 0 Å². The quantitative estimate of drug-likeness (QED) is 0.664. The second-order valence-corrected chi connectivity index (χ2v) is 4.02. The zero-order valence-corrected chi connectivity index (χ0v) is 8.91. The van der Waals surface area contributed by atoms with Gasteiger partial charge in [0.05, 0.1) is 0 Å². The zero-order valence-electron chi connectivity index (χ0n) is 8.91. The van der Waals surface area contributed by atoms with E-state index in [0.717, 1.165) is 30.4 Å². The lowest BCUT2D eigenvalue weighted by Crippen LogP contribution is -2.02. The van der Waals surface area contributed by atoms with E-state index in [-0.39, 0.29) is 5.78 Å². The van der Waals surface area contributed by atoms with Crippen LogP contribution < -0.4 is 0 Å². The van der Waals surface area contributed by atoms with Crippen molar-refractivity contribution in [1.82, 2.24) is 0 Å². The van der Waals surface area contributed by atoms with Gasteiger partial charge in [0.25, 0.3) is 0 Å². The minimum atomic E-state index is 0.220. The molecule has 1 aromatic carbocycles. The Morgan fingerprint density at radius 3 is 2.60 bits per heavy atom. The van der Waals surface area contributed by atoms with Gasteiger partial charge < -0.3 is 0 Å². The van der Waals surface area contributed by atoms with Crippen LogP contribution in [-0.2, 0) is 0 Å². The van der Waals surface area contributed by atoms with Crippen molar-refractivity contribution in [3.05, 3.63) is 47.5 Å². The number of rotatable bonds is 2. The molecule has 0 fully saturated rings. The summed E-state index contributed by atoms with van der Waals surface area (Å²) in [5, 5.41) is 0. The molecule has 0 radical (unpaired) electrons. The third-order valence-electron chi connectivity index (χ3n) is 2.87. The van der Waals surface area contributed by atoms with E-state index in [1.165, 1.54) is 12.8 Å². The topological polar surface area (TPSA) is 17.1 Å². The maximum Gasteiger partial charge on any atom is 0.188 e. The molecule has 0 unspecified atom stereocenters. The molecule has 1 aliphatic carbocycles. The molecule has 0 spiro atoms. The predicted octanol–water partition coefficient (Wildman–Crippen LogP) is 3.76. The third-order valence-corrected chi connectivity index (χ3v) is 2.87. The number of carbonyl (C=O) groups excluding carboxylic acids is 1. The SMILES string of the molecule is O=C(C1=CCCCCC1)c1ccccc1. The lowest BCUT2D eigenvalue weighted by Gasteiger charge is -2.03. The van der Waals surface area contributed by atoms with Gasteiger partial charge in [0.15, 0.2) is 5.78 Å². The molecule has 0 atom stereocenters. The highest BCUT2D eigenvalue weighted by molar-refractivity contribution is 6.08. The molecule has 1 nitrogen and oxygen atoms in total. The summed E-state index contributed by atoms with van der Waals surface area (Å²) in [6, 6.07) is 9.58. The molecule has 2 rings (SSSR count). The van der Waals surface area contributed by atoms with E-state index < -0.39 is 0 Å². The molecule has 0 saturated carbocycles. The lowest BCUT2D eigenvalue weighted by molar-refractivity contribution is 0.103. The van der Waals surface area contributed by atoms with Crippen molar-refractivity contribution in [2.24, 2.45) is 0 Å². The minimum Gasteiger partial charge on any atom is -0.289 e. The fourth-order valence-corrected chi connectivity index (χ4v) is 2.00. The van der Waals surface area contributed by atoms with Gasteiger partial charge in [0.1, 0.15) is 0 Å². The van der Waals surface area contributed by atoms with Crippen LogP contribution in [0.2, 0.25) is 0 Å². The van der Waals surface area contributed by atoms with Crippen LogP contribution in [-0.4, -0.2) is 5.78 Å². The Kier molecular flexibility index (Phi) is 3.33. The normalized spacial score (nSPS) is 16.7. The summed E-state index contributed by atoms with van der Waals surface area (Å²) in [5.41, 5.74) is 1.84. The van der Waals surface area contributed by atoms with Gasteiger partial charge in [-0.15, -0.1) is 0 Å². The highest BCUT2D eigenvalue weighted by Gasteiger charge is 2.12. The van der Waals surface area contributed by atoms with Gasteiger partial charge >= 0.3 is 0 Å². The van der Waals surface area contributed by atoms with Crippen molar-refractivity contribution in [1.29, 1.82) is 0 Å². The Labute approximate surface area is 90.8 Å². The summed E-state index contributed by atoms with van der Waals surface area (Å²) in [7, 11) is 0. The van der Waals surface area contributed by atoms with Gasteiger partial charge in [-0.2, -0.15) is 0 Å². The fraction of sp³-hybridized carbons (Fsp3) is 0.357. The Morgan fingerprint density at radius 1 is 1.00 bits per heavy atom. The lowest BCUT2D eigenvalue weighted by atomic mass is 10.00. The van der Waals surface area contributed by atoms with E-state index in [1.54, 1.807) is 0 Å². The maximum atomic E-state index is 12.1. The van der Waals surface area contributed by atoms with E-state index in [9.17, 15) is 4.79 Å². The summed E-state index contributed by atoms with van der Waals surface area (Å²) >= 11 is 0. The molecule has 1 aliphatic rings. The Bertz CT molecular complexity index is 362. The summed E-state index contributed by atoms with van der Waals surface area (Å²) < 4.78 is 0. The average molecular weight is 200 g/mol. The molecule has 0 aromatic heterocycles. The highest BCUT2D eigenvalue weighted by Crippen LogP contribution is 2.20. The molecule has 0 aliphatic heterocycles. The standard InChI is InChI=1S/C14H16O/c15-14(13-10-6-3-7-11-13)12-8-4-1-2-5-9-12/h3,6-8,10-11H,1-2,4-5,9H2. The Hall–Kier alpha value is -1.37. The van der Waals surface area contributed by atoms with Crippen molar-refractivity contribution in [2.45, 2.75) is 32.1 Å². The van der Waals surface area contributed by atoms with Crippen LogP contribution in [0.5, 0.6) is 0 Å². The van der Waals surface area contributed by atoms with Crippen LogP contribution >= 0.6 is 0 Å². The molecule has 0 bridgehead atoms.